The van der Waals surface area contributed by atoms with E-state index in [-0.39, 0.29) is 6.54 Å². The monoisotopic (exact) mass is 313 g/mol. The molecular weight excluding hydrogens is 290 g/mol. The van der Waals surface area contributed by atoms with Gasteiger partial charge in [-0.3, -0.25) is 4.72 Å². The number of sulfonamides is 1. The molecule has 1 aliphatic rings. The van der Waals surface area contributed by atoms with Gasteiger partial charge in [0.1, 0.15) is 0 Å². The van der Waals surface area contributed by atoms with Gasteiger partial charge >= 0.3 is 0 Å². The maximum Gasteiger partial charge on any atom is 0.236 e. The van der Waals surface area contributed by atoms with Gasteiger partial charge in [0.15, 0.2) is 0 Å². The van der Waals surface area contributed by atoms with Crippen LogP contribution in [-0.2, 0) is 14.8 Å². The van der Waals surface area contributed by atoms with Crippen molar-refractivity contribution in [2.45, 2.75) is 18.6 Å². The Morgan fingerprint density at radius 3 is 2.43 bits per heavy atom. The molecule has 0 aromatic heterocycles. The van der Waals surface area contributed by atoms with E-state index < -0.39 is 15.3 Å². The molecule has 1 aliphatic heterocycles. The number of rotatable bonds is 6. The number of hydrogen-bond acceptors (Lipinski definition) is 5. The van der Waals surface area contributed by atoms with E-state index in [0.717, 1.165) is 32.0 Å². The lowest BCUT2D eigenvalue weighted by Crippen LogP contribution is -2.36. The van der Waals surface area contributed by atoms with E-state index in [2.05, 4.69) is 9.62 Å². The maximum absolute atomic E-state index is 12.1. The first-order chi connectivity index (χ1) is 10.1. The molecule has 0 radical (unpaired) electrons. The molecule has 0 spiro atoms. The summed E-state index contributed by atoms with van der Waals surface area (Å²) in [5.41, 5.74) is 7.15. The van der Waals surface area contributed by atoms with E-state index in [1.54, 1.807) is 12.1 Å². The van der Waals surface area contributed by atoms with Crippen LogP contribution in [0.5, 0.6) is 0 Å². The second-order valence-corrected chi connectivity index (χ2v) is 7.02. The molecule has 21 heavy (non-hydrogen) atoms. The molecule has 0 bridgehead atoms. The predicted octanol–water partition coefficient (Wildman–Crippen LogP) is 1.00. The predicted molar refractivity (Wildman–Crippen MR) is 85.1 cm³/mol. The second-order valence-electron chi connectivity index (χ2n) is 5.06. The number of benzene rings is 1. The molecule has 1 unspecified atom stereocenters. The van der Waals surface area contributed by atoms with Crippen LogP contribution in [0.4, 0.5) is 11.4 Å². The van der Waals surface area contributed by atoms with Crippen molar-refractivity contribution in [3.63, 3.8) is 0 Å². The molecule has 6 nitrogen and oxygen atoms in total. The van der Waals surface area contributed by atoms with E-state index in [1.807, 2.05) is 19.1 Å². The van der Waals surface area contributed by atoms with Gasteiger partial charge in [0.05, 0.1) is 18.5 Å². The van der Waals surface area contributed by atoms with Crippen molar-refractivity contribution in [2.75, 3.05) is 42.5 Å². The van der Waals surface area contributed by atoms with Gasteiger partial charge in [-0.05, 0) is 30.7 Å². The molecule has 2 rings (SSSR count). The number of nitrogens with zero attached hydrogens (tertiary/aromatic N) is 1. The average Bonchev–Trinajstić information content (AvgIpc) is 2.49. The third-order valence-corrected chi connectivity index (χ3v) is 5.58. The Morgan fingerprint density at radius 2 is 1.90 bits per heavy atom. The smallest absolute Gasteiger partial charge is 0.236 e. The highest BCUT2D eigenvalue weighted by Gasteiger charge is 2.22. The number of nitrogens with two attached hydrogens (primary N) is 1. The lowest BCUT2D eigenvalue weighted by molar-refractivity contribution is 0.122. The minimum absolute atomic E-state index is 0.123. The number of nitrogens with one attached hydrogen (secondary N) is 1. The second kappa shape index (κ2) is 7.11. The maximum atomic E-state index is 12.1. The third-order valence-electron chi connectivity index (χ3n) is 3.66. The summed E-state index contributed by atoms with van der Waals surface area (Å²) in [7, 11) is -3.42. The summed E-state index contributed by atoms with van der Waals surface area (Å²) in [5.74, 6) is 0. The molecule has 1 saturated heterocycles. The van der Waals surface area contributed by atoms with Crippen molar-refractivity contribution in [3.8, 4) is 0 Å². The van der Waals surface area contributed by atoms with E-state index in [9.17, 15) is 8.42 Å². The highest BCUT2D eigenvalue weighted by atomic mass is 32.2. The summed E-state index contributed by atoms with van der Waals surface area (Å²) in [5, 5.41) is -0.559. The molecule has 118 valence electrons. The van der Waals surface area contributed by atoms with Crippen molar-refractivity contribution in [1.82, 2.24) is 0 Å². The van der Waals surface area contributed by atoms with E-state index in [0.29, 0.717) is 12.1 Å². The summed E-state index contributed by atoms with van der Waals surface area (Å²) in [6.07, 6.45) is 0.498. The van der Waals surface area contributed by atoms with E-state index >= 15 is 0 Å². The van der Waals surface area contributed by atoms with Gasteiger partial charge in [-0.25, -0.2) is 8.42 Å². The fourth-order valence-electron chi connectivity index (χ4n) is 2.32. The largest absolute Gasteiger partial charge is 0.378 e. The molecule has 0 saturated carbocycles. The number of hydrogen-bond donors (Lipinski definition) is 2. The standard InChI is InChI=1S/C14H23N3O3S/c1-2-14(11-15)21(18,19)16-12-3-5-13(6-4-12)17-7-9-20-10-8-17/h3-6,14,16H,2,7-11,15H2,1H3. The molecule has 0 amide bonds. The first kappa shape index (κ1) is 16.1. The molecule has 1 fully saturated rings. The van der Waals surface area contributed by atoms with Gasteiger partial charge in [0.25, 0.3) is 0 Å². The van der Waals surface area contributed by atoms with Gasteiger partial charge in [0, 0.05) is 31.0 Å². The lowest BCUT2D eigenvalue weighted by atomic mass is 10.2. The summed E-state index contributed by atoms with van der Waals surface area (Å²) in [4.78, 5) is 2.22. The summed E-state index contributed by atoms with van der Waals surface area (Å²) in [6, 6.07) is 7.41. The Labute approximate surface area is 126 Å². The first-order valence-corrected chi connectivity index (χ1v) is 8.76. The normalized spacial score (nSPS) is 17.5. The van der Waals surface area contributed by atoms with Crippen LogP contribution in [0, 0.1) is 0 Å². The van der Waals surface area contributed by atoms with Crippen molar-refractivity contribution in [1.29, 1.82) is 0 Å². The summed E-state index contributed by atoms with van der Waals surface area (Å²) in [6.45, 7) is 5.11. The van der Waals surface area contributed by atoms with Gasteiger partial charge in [-0.15, -0.1) is 0 Å². The van der Waals surface area contributed by atoms with Crippen molar-refractivity contribution in [3.05, 3.63) is 24.3 Å². The summed E-state index contributed by atoms with van der Waals surface area (Å²) >= 11 is 0. The van der Waals surface area contributed by atoms with Gasteiger partial charge < -0.3 is 15.4 Å². The minimum atomic E-state index is -3.42. The lowest BCUT2D eigenvalue weighted by Gasteiger charge is -2.29. The number of ether oxygens (including phenoxy) is 1. The topological polar surface area (TPSA) is 84.7 Å². The van der Waals surface area contributed by atoms with Crippen LogP contribution in [0.15, 0.2) is 24.3 Å². The number of anilines is 2. The van der Waals surface area contributed by atoms with Crippen molar-refractivity contribution in [2.24, 2.45) is 5.73 Å². The van der Waals surface area contributed by atoms with Crippen LogP contribution in [0.25, 0.3) is 0 Å². The Kier molecular flexibility index (Phi) is 5.44. The Balaban J connectivity index is 2.05. The average molecular weight is 313 g/mol. The summed E-state index contributed by atoms with van der Waals surface area (Å²) < 4.78 is 32.2. The van der Waals surface area contributed by atoms with Crippen LogP contribution in [-0.4, -0.2) is 46.5 Å². The SMILES string of the molecule is CCC(CN)S(=O)(=O)Nc1ccc(N2CCOCC2)cc1. The fraction of sp³-hybridized carbons (Fsp3) is 0.571. The molecule has 3 N–H and O–H groups in total. The van der Waals surface area contributed by atoms with Crippen molar-refractivity contribution >= 4 is 21.4 Å². The molecule has 1 heterocycles. The zero-order chi connectivity index (χ0) is 15.3. The van der Waals surface area contributed by atoms with E-state index in [1.165, 1.54) is 0 Å². The van der Waals surface area contributed by atoms with Gasteiger partial charge in [-0.2, -0.15) is 0 Å². The molecule has 1 aromatic carbocycles. The third kappa shape index (κ3) is 4.09. The molecular formula is C14H23N3O3S. The van der Waals surface area contributed by atoms with Crippen LogP contribution >= 0.6 is 0 Å². The first-order valence-electron chi connectivity index (χ1n) is 7.21. The van der Waals surface area contributed by atoms with Gasteiger partial charge in [0.2, 0.25) is 10.0 Å². The zero-order valence-electron chi connectivity index (χ0n) is 12.3. The molecule has 0 aliphatic carbocycles. The van der Waals surface area contributed by atoms with E-state index in [4.69, 9.17) is 10.5 Å². The number of morpholine rings is 1. The van der Waals surface area contributed by atoms with Crippen LogP contribution in [0.3, 0.4) is 0 Å². The Hall–Kier alpha value is -1.31. The molecule has 1 aromatic rings. The Morgan fingerprint density at radius 1 is 1.29 bits per heavy atom. The van der Waals surface area contributed by atoms with Crippen LogP contribution < -0.4 is 15.4 Å². The molecule has 7 heteroatoms. The highest BCUT2D eigenvalue weighted by Crippen LogP contribution is 2.20. The quantitative estimate of drug-likeness (QED) is 0.818. The van der Waals surface area contributed by atoms with Gasteiger partial charge in [-0.1, -0.05) is 6.92 Å². The Bertz CT molecular complexity index is 535. The van der Waals surface area contributed by atoms with Crippen molar-refractivity contribution < 1.29 is 13.2 Å². The molecule has 1 atom stereocenters. The van der Waals surface area contributed by atoms with Crippen LogP contribution in [0.2, 0.25) is 0 Å². The minimum Gasteiger partial charge on any atom is -0.378 e. The highest BCUT2D eigenvalue weighted by molar-refractivity contribution is 7.93. The van der Waals surface area contributed by atoms with Crippen LogP contribution in [0.1, 0.15) is 13.3 Å². The zero-order valence-corrected chi connectivity index (χ0v) is 13.1. The fourth-order valence-corrected chi connectivity index (χ4v) is 3.65.